The molecule has 0 aliphatic heterocycles. The summed E-state index contributed by atoms with van der Waals surface area (Å²) in [5, 5.41) is 22.5. The second-order valence-electron chi connectivity index (χ2n) is 8.03. The third kappa shape index (κ3) is 4.09. The smallest absolute Gasteiger partial charge is 0.337 e. The zero-order chi connectivity index (χ0) is 23.7. The first-order chi connectivity index (χ1) is 15.8. The predicted molar refractivity (Wildman–Crippen MR) is 128 cm³/mol. The van der Waals surface area contributed by atoms with Crippen molar-refractivity contribution >= 4 is 22.6 Å². The number of nitrogens with one attached hydrogen (secondary N) is 1. The number of nitrogens with zero attached hydrogens (tertiary/aromatic N) is 1. The van der Waals surface area contributed by atoms with Crippen LogP contribution in [0.1, 0.15) is 45.6 Å². The van der Waals surface area contributed by atoms with Gasteiger partial charge in [-0.25, -0.2) is 4.79 Å². The Bertz CT molecular complexity index is 1490. The van der Waals surface area contributed by atoms with Gasteiger partial charge in [0.1, 0.15) is 11.3 Å². The van der Waals surface area contributed by atoms with Crippen LogP contribution in [0.15, 0.2) is 69.9 Å². The second kappa shape index (κ2) is 8.64. The van der Waals surface area contributed by atoms with Crippen LogP contribution < -0.4 is 10.7 Å². The Hall–Kier alpha value is -4.37. The van der Waals surface area contributed by atoms with Gasteiger partial charge in [0.25, 0.3) is 0 Å². The average Bonchev–Trinajstić information content (AvgIpc) is 2.81. The van der Waals surface area contributed by atoms with Crippen molar-refractivity contribution < 1.29 is 14.3 Å². The summed E-state index contributed by atoms with van der Waals surface area (Å²) in [7, 11) is 0. The summed E-state index contributed by atoms with van der Waals surface area (Å²) in [5.74, 6) is -0.617. The Morgan fingerprint density at radius 1 is 1.09 bits per heavy atom. The van der Waals surface area contributed by atoms with Crippen molar-refractivity contribution in [3.8, 4) is 17.4 Å². The number of aryl methyl sites for hydroxylation is 1. The summed E-state index contributed by atoms with van der Waals surface area (Å²) in [6.45, 7) is 5.51. The minimum Gasteiger partial charge on any atom is -0.478 e. The van der Waals surface area contributed by atoms with E-state index >= 15 is 0 Å². The third-order valence-corrected chi connectivity index (χ3v) is 5.64. The largest absolute Gasteiger partial charge is 0.478 e. The molecule has 1 heterocycles. The highest BCUT2D eigenvalue weighted by Gasteiger charge is 2.20. The van der Waals surface area contributed by atoms with Crippen molar-refractivity contribution in [3.63, 3.8) is 0 Å². The molecule has 0 saturated carbocycles. The first-order valence-electron chi connectivity index (χ1n) is 10.5. The van der Waals surface area contributed by atoms with E-state index in [0.29, 0.717) is 39.1 Å². The zero-order valence-corrected chi connectivity index (χ0v) is 18.5. The molecular formula is C27H22N2O4. The number of hydrogen-bond acceptors (Lipinski definition) is 5. The monoisotopic (exact) mass is 438 g/mol. The standard InChI is InChI=1S/C27H22N2O4/c1-15-11-21(17(3)29-23-10-5-4-9-20(23)27(31)32)26-22(12-15)24(30)16(2)25(33-26)19-8-6-7-18(13-19)14-28/h4-13,17,29H,1-3H3,(H,31,32). The lowest BCUT2D eigenvalue weighted by Gasteiger charge is -2.20. The fraction of sp³-hybridized carbons (Fsp3) is 0.148. The number of carboxylic acids is 1. The second-order valence-corrected chi connectivity index (χ2v) is 8.03. The maximum Gasteiger partial charge on any atom is 0.337 e. The molecule has 2 N–H and O–H groups in total. The summed E-state index contributed by atoms with van der Waals surface area (Å²) >= 11 is 0. The van der Waals surface area contributed by atoms with Gasteiger partial charge in [0, 0.05) is 22.4 Å². The molecule has 6 heteroatoms. The molecule has 0 aliphatic rings. The Labute approximate surface area is 190 Å². The topological polar surface area (TPSA) is 103 Å². The number of anilines is 1. The molecule has 1 unspecified atom stereocenters. The number of fused-ring (bicyclic) bond motifs is 1. The predicted octanol–water partition coefficient (Wildman–Crippen LogP) is 5.82. The van der Waals surface area contributed by atoms with Gasteiger partial charge in [-0.15, -0.1) is 0 Å². The molecule has 33 heavy (non-hydrogen) atoms. The first kappa shape index (κ1) is 21.8. The molecule has 0 radical (unpaired) electrons. The SMILES string of the molecule is Cc1cc(C(C)Nc2ccccc2C(=O)O)c2oc(-c3cccc(C#N)c3)c(C)c(=O)c2c1. The molecule has 4 rings (SSSR count). The summed E-state index contributed by atoms with van der Waals surface area (Å²) < 4.78 is 6.32. The van der Waals surface area contributed by atoms with Gasteiger partial charge in [-0.2, -0.15) is 5.26 Å². The van der Waals surface area contributed by atoms with Gasteiger partial charge in [0.2, 0.25) is 0 Å². The lowest BCUT2D eigenvalue weighted by Crippen LogP contribution is -2.14. The molecule has 0 spiro atoms. The number of nitriles is 1. The van der Waals surface area contributed by atoms with E-state index < -0.39 is 5.97 Å². The lowest BCUT2D eigenvalue weighted by molar-refractivity contribution is 0.0698. The number of para-hydroxylation sites is 1. The molecule has 4 aromatic rings. The fourth-order valence-corrected chi connectivity index (χ4v) is 4.00. The van der Waals surface area contributed by atoms with Crippen LogP contribution in [0.25, 0.3) is 22.3 Å². The first-order valence-corrected chi connectivity index (χ1v) is 10.5. The van der Waals surface area contributed by atoms with E-state index in [-0.39, 0.29) is 17.0 Å². The van der Waals surface area contributed by atoms with E-state index in [1.54, 1.807) is 55.5 Å². The molecule has 0 bridgehead atoms. The number of aromatic carboxylic acids is 1. The van der Waals surface area contributed by atoms with E-state index in [4.69, 9.17) is 4.42 Å². The molecule has 6 nitrogen and oxygen atoms in total. The maximum absolute atomic E-state index is 13.3. The third-order valence-electron chi connectivity index (χ3n) is 5.64. The Morgan fingerprint density at radius 2 is 1.85 bits per heavy atom. The van der Waals surface area contributed by atoms with Crippen molar-refractivity contribution in [1.29, 1.82) is 5.26 Å². The molecule has 0 fully saturated rings. The van der Waals surface area contributed by atoms with Gasteiger partial charge in [0.05, 0.1) is 28.6 Å². The van der Waals surface area contributed by atoms with Gasteiger partial charge in [-0.1, -0.05) is 30.3 Å². The highest BCUT2D eigenvalue weighted by molar-refractivity contribution is 5.94. The van der Waals surface area contributed by atoms with Crippen molar-refractivity contribution in [3.05, 3.63) is 98.7 Å². The molecule has 0 saturated heterocycles. The fourth-order valence-electron chi connectivity index (χ4n) is 4.00. The molecule has 3 aromatic carbocycles. The molecule has 164 valence electrons. The minimum atomic E-state index is -1.03. The number of rotatable bonds is 5. The van der Waals surface area contributed by atoms with Gasteiger partial charge >= 0.3 is 5.97 Å². The maximum atomic E-state index is 13.3. The molecule has 1 atom stereocenters. The lowest BCUT2D eigenvalue weighted by atomic mass is 9.98. The number of carboxylic acid groups (broad SMARTS) is 1. The Balaban J connectivity index is 1.90. The number of carbonyl (C=O) groups is 1. The summed E-state index contributed by atoms with van der Waals surface area (Å²) in [5.41, 5.74) is 4.14. The van der Waals surface area contributed by atoms with Crippen molar-refractivity contribution in [2.45, 2.75) is 26.8 Å². The van der Waals surface area contributed by atoms with Crippen molar-refractivity contribution in [2.24, 2.45) is 0 Å². The van der Waals surface area contributed by atoms with E-state index in [1.807, 2.05) is 19.9 Å². The van der Waals surface area contributed by atoms with Crippen LogP contribution in [0.4, 0.5) is 5.69 Å². The van der Waals surface area contributed by atoms with E-state index in [2.05, 4.69) is 11.4 Å². The van der Waals surface area contributed by atoms with E-state index in [1.165, 1.54) is 6.07 Å². The van der Waals surface area contributed by atoms with Crippen LogP contribution in [-0.4, -0.2) is 11.1 Å². The highest BCUT2D eigenvalue weighted by Crippen LogP contribution is 2.32. The Kier molecular flexibility index (Phi) is 5.72. The summed E-state index contributed by atoms with van der Waals surface area (Å²) in [6, 6.07) is 19.1. The van der Waals surface area contributed by atoms with Crippen LogP contribution in [0.2, 0.25) is 0 Å². The van der Waals surface area contributed by atoms with E-state index in [0.717, 1.165) is 11.1 Å². The molecule has 1 aromatic heterocycles. The van der Waals surface area contributed by atoms with Crippen molar-refractivity contribution in [1.82, 2.24) is 0 Å². The quantitative estimate of drug-likeness (QED) is 0.407. The Morgan fingerprint density at radius 3 is 2.58 bits per heavy atom. The van der Waals surface area contributed by atoms with Gasteiger partial charge in [-0.3, -0.25) is 4.79 Å². The van der Waals surface area contributed by atoms with Crippen LogP contribution >= 0.6 is 0 Å². The van der Waals surface area contributed by atoms with Gasteiger partial charge < -0.3 is 14.8 Å². The van der Waals surface area contributed by atoms with Crippen LogP contribution in [0.3, 0.4) is 0 Å². The van der Waals surface area contributed by atoms with Crippen LogP contribution in [0, 0.1) is 25.2 Å². The molecule has 0 aliphatic carbocycles. The summed E-state index contributed by atoms with van der Waals surface area (Å²) in [4.78, 5) is 24.9. The molecular weight excluding hydrogens is 416 g/mol. The van der Waals surface area contributed by atoms with Gasteiger partial charge in [-0.05, 0) is 56.7 Å². The van der Waals surface area contributed by atoms with Crippen LogP contribution in [0.5, 0.6) is 0 Å². The number of benzene rings is 3. The normalized spacial score (nSPS) is 11.7. The highest BCUT2D eigenvalue weighted by atomic mass is 16.4. The average molecular weight is 438 g/mol. The minimum absolute atomic E-state index is 0.142. The van der Waals surface area contributed by atoms with Crippen molar-refractivity contribution in [2.75, 3.05) is 5.32 Å². The summed E-state index contributed by atoms with van der Waals surface area (Å²) in [6.07, 6.45) is 0. The van der Waals surface area contributed by atoms with Crippen LogP contribution in [-0.2, 0) is 0 Å². The zero-order valence-electron chi connectivity index (χ0n) is 18.5. The van der Waals surface area contributed by atoms with E-state index in [9.17, 15) is 20.0 Å². The number of hydrogen-bond donors (Lipinski definition) is 2. The molecule has 0 amide bonds. The van der Waals surface area contributed by atoms with Gasteiger partial charge in [0.15, 0.2) is 5.43 Å².